The summed E-state index contributed by atoms with van der Waals surface area (Å²) in [4.78, 5) is 9.25. The van der Waals surface area contributed by atoms with E-state index in [0.717, 1.165) is 17.9 Å². The molecule has 0 radical (unpaired) electrons. The fourth-order valence-electron chi connectivity index (χ4n) is 3.92. The van der Waals surface area contributed by atoms with Gasteiger partial charge in [0.25, 0.3) is 0 Å². The summed E-state index contributed by atoms with van der Waals surface area (Å²) in [6, 6.07) is 0. The molecule has 1 N–H and O–H groups in total. The van der Waals surface area contributed by atoms with Crippen LogP contribution in [0.15, 0.2) is 12.7 Å². The van der Waals surface area contributed by atoms with E-state index in [0.29, 0.717) is 0 Å². The largest absolute Gasteiger partial charge is 0.478 e. The number of rotatable bonds is 2. The van der Waals surface area contributed by atoms with Crippen LogP contribution in [0.3, 0.4) is 0 Å². The average Bonchev–Trinajstić information content (AvgIpc) is 2.40. The van der Waals surface area contributed by atoms with Crippen molar-refractivity contribution >= 4 is 5.97 Å². The van der Waals surface area contributed by atoms with Gasteiger partial charge in [0.15, 0.2) is 0 Å². The zero-order valence-electron chi connectivity index (χ0n) is 13.7. The van der Waals surface area contributed by atoms with Gasteiger partial charge in [-0.05, 0) is 11.8 Å². The average molecular weight is 294 g/mol. The molecule has 0 atom stereocenters. The highest BCUT2D eigenvalue weighted by atomic mass is 16.4. The molecule has 2 rings (SSSR count). The topological polar surface area (TPSA) is 37.3 Å². The highest BCUT2D eigenvalue weighted by Crippen LogP contribution is 2.35. The van der Waals surface area contributed by atoms with Crippen molar-refractivity contribution in [2.45, 2.75) is 89.9 Å². The Morgan fingerprint density at radius 2 is 0.952 bits per heavy atom. The molecule has 2 fully saturated rings. The Bertz CT molecular complexity index is 249. The number of aliphatic carboxylic acids is 1. The fourth-order valence-corrected chi connectivity index (χ4v) is 3.92. The lowest BCUT2D eigenvalue weighted by molar-refractivity contribution is -0.131. The number of carboxylic acid groups (broad SMARTS) is 1. The van der Waals surface area contributed by atoms with E-state index in [4.69, 9.17) is 5.11 Å². The van der Waals surface area contributed by atoms with E-state index in [1.54, 1.807) is 25.7 Å². The van der Waals surface area contributed by atoms with Crippen LogP contribution in [0.5, 0.6) is 0 Å². The predicted molar refractivity (Wildman–Crippen MR) is 89.5 cm³/mol. The summed E-state index contributed by atoms with van der Waals surface area (Å²) in [5.74, 6) is 1.24. The van der Waals surface area contributed by atoms with Gasteiger partial charge in [-0.2, -0.15) is 0 Å². The molecule has 122 valence electrons. The third-order valence-electron chi connectivity index (χ3n) is 5.14. The second-order valence-corrected chi connectivity index (χ2v) is 6.75. The summed E-state index contributed by atoms with van der Waals surface area (Å²) in [6.45, 7) is 2.96. The molecule has 0 heterocycles. The molecule has 2 nitrogen and oxygen atoms in total. The van der Waals surface area contributed by atoms with Crippen LogP contribution in [-0.2, 0) is 4.79 Å². The molecular formula is C19H34O2. The fraction of sp³-hybridized carbons (Fsp3) is 0.842. The standard InChI is InChI=1S/C16H30.C3H4O2/c1-3-7-11-15(12-8-4-1)16-13-9-5-2-6-10-14-16;1-2-3(4)5/h15-16H,1-14H2;2H,1H2,(H,4,5). The summed E-state index contributed by atoms with van der Waals surface area (Å²) >= 11 is 0. The second-order valence-electron chi connectivity index (χ2n) is 6.75. The number of hydrogen-bond acceptors (Lipinski definition) is 1. The Hall–Kier alpha value is -0.790. The van der Waals surface area contributed by atoms with Gasteiger partial charge in [-0.15, -0.1) is 0 Å². The van der Waals surface area contributed by atoms with Crippen molar-refractivity contribution in [2.75, 3.05) is 0 Å². The maximum Gasteiger partial charge on any atom is 0.327 e. The van der Waals surface area contributed by atoms with Gasteiger partial charge in [0.05, 0.1) is 0 Å². The Morgan fingerprint density at radius 3 is 1.19 bits per heavy atom. The van der Waals surface area contributed by atoms with E-state index in [-0.39, 0.29) is 0 Å². The molecule has 2 heteroatoms. The first-order valence-corrected chi connectivity index (χ1v) is 9.09. The molecule has 2 aliphatic rings. The van der Waals surface area contributed by atoms with Gasteiger partial charge in [0.2, 0.25) is 0 Å². The van der Waals surface area contributed by atoms with Crippen molar-refractivity contribution in [3.63, 3.8) is 0 Å². The van der Waals surface area contributed by atoms with Gasteiger partial charge in [-0.1, -0.05) is 96.5 Å². The summed E-state index contributed by atoms with van der Waals surface area (Å²) < 4.78 is 0. The van der Waals surface area contributed by atoms with Crippen molar-refractivity contribution in [1.29, 1.82) is 0 Å². The SMILES string of the molecule is C1CCCC(C2CCCCCCC2)CCC1.C=CC(=O)O. The first-order chi connectivity index (χ1) is 10.2. The summed E-state index contributed by atoms with van der Waals surface area (Å²) in [6.07, 6.45) is 22.3. The van der Waals surface area contributed by atoms with Gasteiger partial charge in [0.1, 0.15) is 0 Å². The van der Waals surface area contributed by atoms with Gasteiger partial charge >= 0.3 is 5.97 Å². The molecule has 0 aromatic heterocycles. The normalized spacial score (nSPS) is 22.7. The molecule has 0 unspecified atom stereocenters. The van der Waals surface area contributed by atoms with Crippen molar-refractivity contribution < 1.29 is 9.90 Å². The first kappa shape index (κ1) is 18.3. The van der Waals surface area contributed by atoms with Crippen LogP contribution in [-0.4, -0.2) is 11.1 Å². The molecular weight excluding hydrogens is 260 g/mol. The van der Waals surface area contributed by atoms with E-state index >= 15 is 0 Å². The van der Waals surface area contributed by atoms with E-state index in [2.05, 4.69) is 6.58 Å². The highest BCUT2D eigenvalue weighted by Gasteiger charge is 2.22. The molecule has 21 heavy (non-hydrogen) atoms. The van der Waals surface area contributed by atoms with Gasteiger partial charge in [0, 0.05) is 6.08 Å². The minimum atomic E-state index is -0.981. The summed E-state index contributed by atoms with van der Waals surface area (Å²) in [5.41, 5.74) is 0. The quantitative estimate of drug-likeness (QED) is 0.637. The highest BCUT2D eigenvalue weighted by molar-refractivity contribution is 5.78. The zero-order valence-corrected chi connectivity index (χ0v) is 13.7. The molecule has 0 aliphatic heterocycles. The second kappa shape index (κ2) is 11.8. The molecule has 0 spiro atoms. The van der Waals surface area contributed by atoms with Crippen molar-refractivity contribution in [3.05, 3.63) is 12.7 Å². The number of carboxylic acids is 1. The Kier molecular flexibility index (Phi) is 10.3. The van der Waals surface area contributed by atoms with Crippen LogP contribution >= 0.6 is 0 Å². The van der Waals surface area contributed by atoms with Crippen LogP contribution in [0.1, 0.15) is 89.9 Å². The lowest BCUT2D eigenvalue weighted by Gasteiger charge is -2.30. The van der Waals surface area contributed by atoms with Crippen LogP contribution in [0.25, 0.3) is 0 Å². The lowest BCUT2D eigenvalue weighted by Crippen LogP contribution is -2.17. The lowest BCUT2D eigenvalue weighted by atomic mass is 9.76. The van der Waals surface area contributed by atoms with Crippen molar-refractivity contribution in [2.24, 2.45) is 11.8 Å². The predicted octanol–water partition coefficient (Wildman–Crippen LogP) is 5.96. The van der Waals surface area contributed by atoms with E-state index in [9.17, 15) is 4.79 Å². The monoisotopic (exact) mass is 294 g/mol. The Morgan fingerprint density at radius 1 is 0.714 bits per heavy atom. The van der Waals surface area contributed by atoms with Crippen molar-refractivity contribution in [3.8, 4) is 0 Å². The number of carbonyl (C=O) groups is 1. The molecule has 0 aromatic carbocycles. The van der Waals surface area contributed by atoms with Crippen LogP contribution in [0.2, 0.25) is 0 Å². The molecule has 0 aromatic rings. The zero-order chi connectivity index (χ0) is 15.3. The van der Waals surface area contributed by atoms with E-state index < -0.39 is 5.97 Å². The van der Waals surface area contributed by atoms with Gasteiger partial charge in [-0.25, -0.2) is 4.79 Å². The maximum absolute atomic E-state index is 9.25. The van der Waals surface area contributed by atoms with E-state index in [1.807, 2.05) is 0 Å². The van der Waals surface area contributed by atoms with Gasteiger partial charge in [-0.3, -0.25) is 0 Å². The third-order valence-corrected chi connectivity index (χ3v) is 5.14. The molecule has 0 bridgehead atoms. The number of hydrogen-bond donors (Lipinski definition) is 1. The van der Waals surface area contributed by atoms with Crippen LogP contribution < -0.4 is 0 Å². The van der Waals surface area contributed by atoms with Crippen molar-refractivity contribution in [1.82, 2.24) is 0 Å². The maximum atomic E-state index is 9.25. The van der Waals surface area contributed by atoms with Crippen LogP contribution in [0.4, 0.5) is 0 Å². The summed E-state index contributed by atoms with van der Waals surface area (Å²) in [5, 5.41) is 7.60. The molecule has 2 aliphatic carbocycles. The minimum Gasteiger partial charge on any atom is -0.478 e. The molecule has 0 amide bonds. The smallest absolute Gasteiger partial charge is 0.327 e. The molecule has 0 saturated heterocycles. The summed E-state index contributed by atoms with van der Waals surface area (Å²) in [7, 11) is 0. The van der Waals surface area contributed by atoms with E-state index in [1.165, 1.54) is 64.2 Å². The Balaban J connectivity index is 0.000000383. The first-order valence-electron chi connectivity index (χ1n) is 9.09. The van der Waals surface area contributed by atoms with Crippen LogP contribution in [0, 0.1) is 11.8 Å². The Labute approximate surface area is 131 Å². The molecule has 2 saturated carbocycles. The third kappa shape index (κ3) is 8.95. The van der Waals surface area contributed by atoms with Gasteiger partial charge < -0.3 is 5.11 Å². The minimum absolute atomic E-state index is 0.833.